The van der Waals surface area contributed by atoms with Gasteiger partial charge in [-0.05, 0) is 24.3 Å². The number of ketones is 1. The molecule has 1 rings (SSSR count). The first-order valence-electron chi connectivity index (χ1n) is 4.57. The van der Waals surface area contributed by atoms with Crippen LogP contribution in [-0.4, -0.2) is 17.6 Å². The molecule has 0 heterocycles. The van der Waals surface area contributed by atoms with E-state index >= 15 is 0 Å². The van der Waals surface area contributed by atoms with Gasteiger partial charge in [-0.15, -0.1) is 11.6 Å². The van der Waals surface area contributed by atoms with Gasteiger partial charge >= 0.3 is 5.97 Å². The van der Waals surface area contributed by atoms with Crippen molar-refractivity contribution in [2.24, 2.45) is 0 Å². The van der Waals surface area contributed by atoms with Gasteiger partial charge in [0.25, 0.3) is 0 Å². The van der Waals surface area contributed by atoms with E-state index in [1.807, 2.05) is 0 Å². The quantitative estimate of drug-likeness (QED) is 0.343. The van der Waals surface area contributed by atoms with Crippen LogP contribution in [0.3, 0.4) is 0 Å². The molecule has 0 bridgehead atoms. The average molecular weight is 227 g/mol. The summed E-state index contributed by atoms with van der Waals surface area (Å²) in [4.78, 5) is 22.1. The number of alkyl halides is 1. The van der Waals surface area contributed by atoms with Crippen LogP contribution in [0.25, 0.3) is 0 Å². The molecule has 4 heteroatoms. The molecule has 0 aliphatic rings. The lowest BCUT2D eigenvalue weighted by Crippen LogP contribution is -2.06. The molecule has 0 aliphatic heterocycles. The molecule has 0 fully saturated rings. The summed E-state index contributed by atoms with van der Waals surface area (Å²) in [5, 5.41) is 0. The minimum Gasteiger partial charge on any atom is -0.427 e. The Balaban J connectivity index is 2.72. The first-order chi connectivity index (χ1) is 7.17. The maximum atomic E-state index is 11.2. The summed E-state index contributed by atoms with van der Waals surface area (Å²) in [6.45, 7) is 1.72. The summed E-state index contributed by atoms with van der Waals surface area (Å²) in [6.07, 6.45) is 0.322. The Hall–Kier alpha value is -1.35. The van der Waals surface area contributed by atoms with Gasteiger partial charge in [0, 0.05) is 12.0 Å². The lowest BCUT2D eigenvalue weighted by Gasteiger charge is -2.02. The molecule has 0 aromatic heterocycles. The van der Waals surface area contributed by atoms with Crippen LogP contribution in [0.5, 0.6) is 5.75 Å². The van der Waals surface area contributed by atoms with Crippen molar-refractivity contribution in [2.75, 3.05) is 5.88 Å². The van der Waals surface area contributed by atoms with Gasteiger partial charge < -0.3 is 4.74 Å². The molecule has 3 nitrogen and oxygen atoms in total. The zero-order valence-corrected chi connectivity index (χ0v) is 9.08. The van der Waals surface area contributed by atoms with Crippen LogP contribution in [0.2, 0.25) is 0 Å². The second-order valence-electron chi connectivity index (χ2n) is 2.91. The highest BCUT2D eigenvalue weighted by Gasteiger charge is 2.05. The van der Waals surface area contributed by atoms with Gasteiger partial charge in [0.05, 0.1) is 5.88 Å². The summed E-state index contributed by atoms with van der Waals surface area (Å²) in [5.74, 6) is -0.0573. The Morgan fingerprint density at radius 2 is 1.87 bits per heavy atom. The van der Waals surface area contributed by atoms with Gasteiger partial charge in [-0.2, -0.15) is 0 Å². The third-order valence-corrected chi connectivity index (χ3v) is 2.06. The van der Waals surface area contributed by atoms with Gasteiger partial charge in [-0.25, -0.2) is 0 Å². The second kappa shape index (κ2) is 5.51. The number of esters is 1. The molecule has 0 saturated heterocycles. The Morgan fingerprint density at radius 3 is 2.33 bits per heavy atom. The van der Waals surface area contributed by atoms with Gasteiger partial charge in [0.1, 0.15) is 5.75 Å². The van der Waals surface area contributed by atoms with E-state index < -0.39 is 0 Å². The molecule has 0 spiro atoms. The lowest BCUT2D eigenvalue weighted by molar-refractivity contribution is -0.134. The molecular weight excluding hydrogens is 216 g/mol. The Bertz CT molecular complexity index is 357. The third kappa shape index (κ3) is 3.36. The topological polar surface area (TPSA) is 43.4 Å². The van der Waals surface area contributed by atoms with E-state index in [4.69, 9.17) is 16.3 Å². The number of carbonyl (C=O) groups excluding carboxylic acids is 2. The van der Waals surface area contributed by atoms with Crippen LogP contribution < -0.4 is 4.74 Å². The number of benzene rings is 1. The molecule has 0 N–H and O–H groups in total. The Labute approximate surface area is 93.0 Å². The third-order valence-electron chi connectivity index (χ3n) is 1.82. The maximum Gasteiger partial charge on any atom is 0.310 e. The predicted octanol–water partition coefficient (Wildman–Crippen LogP) is 2.42. The van der Waals surface area contributed by atoms with E-state index in [9.17, 15) is 9.59 Å². The van der Waals surface area contributed by atoms with E-state index in [0.717, 1.165) is 0 Å². The Morgan fingerprint density at radius 1 is 1.27 bits per heavy atom. The van der Waals surface area contributed by atoms with Gasteiger partial charge in [-0.3, -0.25) is 9.59 Å². The molecule has 80 valence electrons. The lowest BCUT2D eigenvalue weighted by atomic mass is 10.1. The zero-order valence-electron chi connectivity index (χ0n) is 8.33. The van der Waals surface area contributed by atoms with Crippen molar-refractivity contribution in [2.45, 2.75) is 13.3 Å². The van der Waals surface area contributed by atoms with Gasteiger partial charge in [-0.1, -0.05) is 6.92 Å². The number of halogens is 1. The largest absolute Gasteiger partial charge is 0.427 e. The number of rotatable bonds is 4. The first kappa shape index (κ1) is 11.7. The van der Waals surface area contributed by atoms with E-state index in [1.165, 1.54) is 0 Å². The fraction of sp³-hybridized carbons (Fsp3) is 0.273. The monoisotopic (exact) mass is 226 g/mol. The summed E-state index contributed by atoms with van der Waals surface area (Å²) < 4.78 is 4.95. The van der Waals surface area contributed by atoms with Crippen molar-refractivity contribution >= 4 is 23.4 Å². The van der Waals surface area contributed by atoms with Crippen molar-refractivity contribution in [3.8, 4) is 5.75 Å². The number of hydrogen-bond donors (Lipinski definition) is 0. The highest BCUT2D eigenvalue weighted by atomic mass is 35.5. The summed E-state index contributed by atoms with van der Waals surface area (Å²) in [5.41, 5.74) is 0.515. The predicted molar refractivity (Wildman–Crippen MR) is 57.4 cm³/mol. The molecule has 0 saturated carbocycles. The smallest absolute Gasteiger partial charge is 0.310 e. The van der Waals surface area contributed by atoms with Crippen LogP contribution in [0, 0.1) is 0 Å². The van der Waals surface area contributed by atoms with Crippen molar-refractivity contribution < 1.29 is 14.3 Å². The fourth-order valence-electron chi connectivity index (χ4n) is 0.990. The highest BCUT2D eigenvalue weighted by Crippen LogP contribution is 2.13. The number of ether oxygens (including phenoxy) is 1. The van der Waals surface area contributed by atoms with Gasteiger partial charge in [0.15, 0.2) is 5.78 Å². The minimum absolute atomic E-state index is 0.0475. The molecule has 0 atom stereocenters. The Kier molecular flexibility index (Phi) is 4.31. The maximum absolute atomic E-state index is 11.2. The standard InChI is InChI=1S/C11H11ClO3/c1-2-11(14)15-9-5-3-8(4-6-9)10(13)7-12/h3-6H,2,7H2,1H3. The van der Waals surface area contributed by atoms with E-state index in [1.54, 1.807) is 31.2 Å². The molecule has 15 heavy (non-hydrogen) atoms. The van der Waals surface area contributed by atoms with Crippen LogP contribution in [-0.2, 0) is 4.79 Å². The number of Topliss-reactive ketones (excluding diaryl/α,β-unsaturated/α-hetero) is 1. The molecule has 0 amide bonds. The van der Waals surface area contributed by atoms with Crippen molar-refractivity contribution in [1.29, 1.82) is 0 Å². The molecule has 1 aromatic carbocycles. The van der Waals surface area contributed by atoms with Crippen LogP contribution >= 0.6 is 11.6 Å². The summed E-state index contributed by atoms with van der Waals surface area (Å²) in [6, 6.07) is 6.33. The molecular formula is C11H11ClO3. The summed E-state index contributed by atoms with van der Waals surface area (Å²) >= 11 is 5.40. The SMILES string of the molecule is CCC(=O)Oc1ccc(C(=O)CCl)cc1. The zero-order chi connectivity index (χ0) is 11.3. The van der Waals surface area contributed by atoms with Crippen molar-refractivity contribution in [3.63, 3.8) is 0 Å². The normalized spacial score (nSPS) is 9.73. The fourth-order valence-corrected chi connectivity index (χ4v) is 1.14. The first-order valence-corrected chi connectivity index (χ1v) is 5.10. The van der Waals surface area contributed by atoms with Crippen LogP contribution in [0.1, 0.15) is 23.7 Å². The number of carbonyl (C=O) groups is 2. The average Bonchev–Trinajstić information content (AvgIpc) is 2.29. The highest BCUT2D eigenvalue weighted by molar-refractivity contribution is 6.30. The molecule has 0 unspecified atom stereocenters. The number of hydrogen-bond acceptors (Lipinski definition) is 3. The molecule has 0 radical (unpaired) electrons. The minimum atomic E-state index is -0.300. The van der Waals surface area contributed by atoms with E-state index in [-0.39, 0.29) is 17.6 Å². The van der Waals surface area contributed by atoms with E-state index in [2.05, 4.69) is 0 Å². The van der Waals surface area contributed by atoms with Crippen molar-refractivity contribution in [3.05, 3.63) is 29.8 Å². The van der Waals surface area contributed by atoms with Crippen LogP contribution in [0.4, 0.5) is 0 Å². The van der Waals surface area contributed by atoms with Crippen molar-refractivity contribution in [1.82, 2.24) is 0 Å². The van der Waals surface area contributed by atoms with Crippen LogP contribution in [0.15, 0.2) is 24.3 Å². The second-order valence-corrected chi connectivity index (χ2v) is 3.18. The van der Waals surface area contributed by atoms with Gasteiger partial charge in [0.2, 0.25) is 0 Å². The van der Waals surface area contributed by atoms with E-state index in [0.29, 0.717) is 17.7 Å². The summed E-state index contributed by atoms with van der Waals surface area (Å²) in [7, 11) is 0. The molecule has 0 aliphatic carbocycles. The molecule has 1 aromatic rings.